The lowest BCUT2D eigenvalue weighted by atomic mass is 10.3. The van der Waals surface area contributed by atoms with Crippen molar-refractivity contribution >= 4 is 5.97 Å². The Morgan fingerprint density at radius 2 is 2.50 bits per heavy atom. The summed E-state index contributed by atoms with van der Waals surface area (Å²) < 4.78 is 4.75. The second kappa shape index (κ2) is 3.01. The zero-order valence-electron chi connectivity index (χ0n) is 6.04. The third-order valence-electron chi connectivity index (χ3n) is 1.75. The van der Waals surface area contributed by atoms with E-state index >= 15 is 0 Å². The molecule has 0 aliphatic heterocycles. The topological polar surface area (TPSA) is 46.5 Å². The van der Waals surface area contributed by atoms with Gasteiger partial charge >= 0.3 is 5.97 Å². The van der Waals surface area contributed by atoms with E-state index in [4.69, 9.17) is 9.84 Å². The molecule has 3 heteroatoms. The van der Waals surface area contributed by atoms with Crippen LogP contribution in [-0.4, -0.2) is 24.3 Å². The molecule has 3 nitrogen and oxygen atoms in total. The molecule has 0 amide bonds. The van der Waals surface area contributed by atoms with Gasteiger partial charge < -0.3 is 9.84 Å². The molecule has 1 aliphatic carbocycles. The maximum Gasteiger partial charge on any atom is 0.309 e. The first kappa shape index (κ1) is 7.54. The Morgan fingerprint density at radius 3 is 2.90 bits per heavy atom. The van der Waals surface area contributed by atoms with Crippen LogP contribution in [0.3, 0.4) is 0 Å². The predicted octanol–water partition coefficient (Wildman–Crippen LogP) is 0.178. The first-order chi connectivity index (χ1) is 4.79. The summed E-state index contributed by atoms with van der Waals surface area (Å²) in [5.74, 6) is 0.0190. The maximum absolute atomic E-state index is 10.8. The molecule has 0 radical (unpaired) electrons. The number of ether oxygens (including phenoxy) is 1. The fourth-order valence-electron chi connectivity index (χ4n) is 0.987. The normalized spacial score (nSPS) is 29.8. The van der Waals surface area contributed by atoms with Crippen molar-refractivity contribution in [2.24, 2.45) is 11.8 Å². The van der Waals surface area contributed by atoms with Crippen LogP contribution in [-0.2, 0) is 9.53 Å². The van der Waals surface area contributed by atoms with Crippen molar-refractivity contribution in [3.63, 3.8) is 0 Å². The molecule has 1 fully saturated rings. The monoisotopic (exact) mass is 144 g/mol. The van der Waals surface area contributed by atoms with Crippen molar-refractivity contribution in [2.45, 2.75) is 13.3 Å². The number of aliphatic hydroxyl groups excluding tert-OH is 1. The highest BCUT2D eigenvalue weighted by Gasteiger charge is 2.43. The lowest BCUT2D eigenvalue weighted by Crippen LogP contribution is -2.08. The van der Waals surface area contributed by atoms with E-state index < -0.39 is 0 Å². The first-order valence-corrected chi connectivity index (χ1v) is 3.57. The summed E-state index contributed by atoms with van der Waals surface area (Å²) in [6.07, 6.45) is 0.801. The minimum absolute atomic E-state index is 0.00931. The third kappa shape index (κ3) is 1.48. The molecule has 0 saturated heterocycles. The summed E-state index contributed by atoms with van der Waals surface area (Å²) in [7, 11) is 0. The van der Waals surface area contributed by atoms with Gasteiger partial charge in [0.15, 0.2) is 0 Å². The van der Waals surface area contributed by atoms with Gasteiger partial charge in [0.05, 0.1) is 12.5 Å². The van der Waals surface area contributed by atoms with E-state index in [9.17, 15) is 4.79 Å². The zero-order valence-corrected chi connectivity index (χ0v) is 6.04. The van der Waals surface area contributed by atoms with E-state index in [2.05, 4.69) is 0 Å². The highest BCUT2D eigenvalue weighted by molar-refractivity contribution is 5.75. The molecule has 0 spiro atoms. The quantitative estimate of drug-likeness (QED) is 0.575. The lowest BCUT2D eigenvalue weighted by Gasteiger charge is -1.97. The summed E-state index contributed by atoms with van der Waals surface area (Å²) in [5, 5.41) is 8.59. The fourth-order valence-corrected chi connectivity index (χ4v) is 0.987. The predicted molar refractivity (Wildman–Crippen MR) is 35.3 cm³/mol. The van der Waals surface area contributed by atoms with E-state index in [-0.39, 0.29) is 24.4 Å². The van der Waals surface area contributed by atoms with Crippen LogP contribution in [0, 0.1) is 11.8 Å². The minimum atomic E-state index is -0.151. The van der Waals surface area contributed by atoms with Crippen molar-refractivity contribution in [2.75, 3.05) is 13.2 Å². The average Bonchev–Trinajstić information content (AvgIpc) is 2.66. The average molecular weight is 144 g/mol. The van der Waals surface area contributed by atoms with Crippen LogP contribution < -0.4 is 0 Å². The summed E-state index contributed by atoms with van der Waals surface area (Å²) in [4.78, 5) is 10.8. The molecule has 0 aromatic heterocycles. The number of carbonyl (C=O) groups is 1. The van der Waals surface area contributed by atoms with Crippen molar-refractivity contribution in [1.82, 2.24) is 0 Å². The van der Waals surface area contributed by atoms with Crippen molar-refractivity contribution in [1.29, 1.82) is 0 Å². The molecular formula is C7H12O3. The van der Waals surface area contributed by atoms with Gasteiger partial charge in [-0.2, -0.15) is 0 Å². The van der Waals surface area contributed by atoms with Gasteiger partial charge in [-0.15, -0.1) is 0 Å². The largest absolute Gasteiger partial charge is 0.466 e. The van der Waals surface area contributed by atoms with E-state index in [1.54, 1.807) is 6.92 Å². The Bertz CT molecular complexity index is 133. The third-order valence-corrected chi connectivity index (χ3v) is 1.75. The molecule has 58 valence electrons. The number of esters is 1. The molecule has 1 saturated carbocycles. The van der Waals surface area contributed by atoms with Crippen LogP contribution in [0.1, 0.15) is 13.3 Å². The lowest BCUT2D eigenvalue weighted by molar-refractivity contribution is -0.145. The van der Waals surface area contributed by atoms with Gasteiger partial charge in [-0.05, 0) is 19.3 Å². The van der Waals surface area contributed by atoms with Gasteiger partial charge in [0, 0.05) is 6.61 Å². The molecule has 1 aliphatic rings. The highest BCUT2D eigenvalue weighted by atomic mass is 16.5. The maximum atomic E-state index is 10.8. The van der Waals surface area contributed by atoms with Crippen LogP contribution >= 0.6 is 0 Å². The smallest absolute Gasteiger partial charge is 0.309 e. The number of hydrogen-bond donors (Lipinski definition) is 1. The summed E-state index contributed by atoms with van der Waals surface area (Å²) in [6, 6.07) is 0. The van der Waals surface area contributed by atoms with Gasteiger partial charge in [0.1, 0.15) is 0 Å². The van der Waals surface area contributed by atoms with Crippen LogP contribution in [0.5, 0.6) is 0 Å². The number of carbonyl (C=O) groups excluding carboxylic acids is 1. The van der Waals surface area contributed by atoms with E-state index in [1.165, 1.54) is 0 Å². The van der Waals surface area contributed by atoms with Crippen LogP contribution in [0.4, 0.5) is 0 Å². The standard InChI is InChI=1S/C7H12O3/c1-2-10-7(9)6-3-5(6)4-8/h5-6,8H,2-4H2,1H3/t5-,6+/m1/s1. The fraction of sp³-hybridized carbons (Fsp3) is 0.857. The minimum Gasteiger partial charge on any atom is -0.466 e. The molecule has 10 heavy (non-hydrogen) atoms. The highest BCUT2D eigenvalue weighted by Crippen LogP contribution is 2.38. The Kier molecular flexibility index (Phi) is 2.27. The second-order valence-electron chi connectivity index (χ2n) is 2.54. The molecule has 1 rings (SSSR count). The molecule has 0 unspecified atom stereocenters. The molecule has 0 aromatic carbocycles. The van der Waals surface area contributed by atoms with Crippen LogP contribution in [0.15, 0.2) is 0 Å². The Balaban J connectivity index is 2.19. The van der Waals surface area contributed by atoms with E-state index in [0.717, 1.165) is 6.42 Å². The van der Waals surface area contributed by atoms with Gasteiger partial charge in [-0.25, -0.2) is 0 Å². The number of rotatable bonds is 3. The summed E-state index contributed by atoms with van der Waals surface area (Å²) >= 11 is 0. The second-order valence-corrected chi connectivity index (χ2v) is 2.54. The Morgan fingerprint density at radius 1 is 1.80 bits per heavy atom. The zero-order chi connectivity index (χ0) is 7.56. The Labute approximate surface area is 60.0 Å². The Hall–Kier alpha value is -0.570. The molecule has 2 atom stereocenters. The van der Waals surface area contributed by atoms with Crippen LogP contribution in [0.25, 0.3) is 0 Å². The van der Waals surface area contributed by atoms with Crippen molar-refractivity contribution < 1.29 is 14.6 Å². The van der Waals surface area contributed by atoms with Crippen LogP contribution in [0.2, 0.25) is 0 Å². The molecule has 0 aromatic rings. The number of hydrogen-bond acceptors (Lipinski definition) is 3. The molecule has 0 bridgehead atoms. The summed E-state index contributed by atoms with van der Waals surface area (Å²) in [5.41, 5.74) is 0. The molecular weight excluding hydrogens is 132 g/mol. The molecule has 1 N–H and O–H groups in total. The number of aliphatic hydroxyl groups is 1. The van der Waals surface area contributed by atoms with Gasteiger partial charge in [0.2, 0.25) is 0 Å². The van der Waals surface area contributed by atoms with Gasteiger partial charge in [-0.1, -0.05) is 0 Å². The summed E-state index contributed by atoms with van der Waals surface area (Å²) in [6.45, 7) is 2.34. The SMILES string of the molecule is CCOC(=O)[C@H]1C[C@@H]1CO. The van der Waals surface area contributed by atoms with E-state index in [0.29, 0.717) is 6.61 Å². The molecule has 0 heterocycles. The van der Waals surface area contributed by atoms with Crippen molar-refractivity contribution in [3.8, 4) is 0 Å². The van der Waals surface area contributed by atoms with Gasteiger partial charge in [-0.3, -0.25) is 4.79 Å². The van der Waals surface area contributed by atoms with E-state index in [1.807, 2.05) is 0 Å². The first-order valence-electron chi connectivity index (χ1n) is 3.57. The van der Waals surface area contributed by atoms with Crippen molar-refractivity contribution in [3.05, 3.63) is 0 Å². The van der Waals surface area contributed by atoms with Gasteiger partial charge in [0.25, 0.3) is 0 Å².